The maximum absolute atomic E-state index is 11.3. The number of nitrogens with one attached hydrogen (secondary N) is 1. The smallest absolute Gasteiger partial charge is 0.344 e. The summed E-state index contributed by atoms with van der Waals surface area (Å²) >= 11 is 3.33. The Morgan fingerprint density at radius 2 is 2.20 bits per heavy atom. The highest BCUT2D eigenvalue weighted by atomic mass is 79.9. The van der Waals surface area contributed by atoms with Gasteiger partial charge >= 0.3 is 5.97 Å². The molecule has 1 N–H and O–H groups in total. The minimum atomic E-state index is -0.444. The van der Waals surface area contributed by atoms with Crippen LogP contribution < -0.4 is 10.2 Å². The van der Waals surface area contributed by atoms with E-state index in [0.29, 0.717) is 17.9 Å². The molecular weight excluding hydrogens is 328 g/mol. The molecule has 6 nitrogen and oxygen atoms in total. The molecule has 0 saturated heterocycles. The first-order chi connectivity index (χ1) is 9.52. The van der Waals surface area contributed by atoms with Crippen LogP contribution in [0.3, 0.4) is 0 Å². The molecule has 0 aliphatic rings. The van der Waals surface area contributed by atoms with Crippen LogP contribution in [0.2, 0.25) is 0 Å². The SMILES string of the molecule is CCOC(=O)COc1ccc(Br)cc1/C=N/NC(C)=O. The Morgan fingerprint density at radius 1 is 1.45 bits per heavy atom. The molecule has 1 aromatic rings. The highest BCUT2D eigenvalue weighted by molar-refractivity contribution is 9.10. The third kappa shape index (κ3) is 5.83. The minimum Gasteiger partial charge on any atom is -0.481 e. The van der Waals surface area contributed by atoms with E-state index in [4.69, 9.17) is 9.47 Å². The maximum atomic E-state index is 11.3. The van der Waals surface area contributed by atoms with Crippen LogP contribution >= 0.6 is 15.9 Å². The van der Waals surface area contributed by atoms with E-state index in [1.807, 2.05) is 0 Å². The molecule has 0 unspecified atom stereocenters. The van der Waals surface area contributed by atoms with Gasteiger partial charge in [0.25, 0.3) is 0 Å². The van der Waals surface area contributed by atoms with Gasteiger partial charge in [0.15, 0.2) is 6.61 Å². The van der Waals surface area contributed by atoms with E-state index in [9.17, 15) is 9.59 Å². The van der Waals surface area contributed by atoms with Gasteiger partial charge in [-0.05, 0) is 25.1 Å². The largest absolute Gasteiger partial charge is 0.481 e. The van der Waals surface area contributed by atoms with Crippen molar-refractivity contribution in [2.24, 2.45) is 5.10 Å². The predicted octanol–water partition coefficient (Wildman–Crippen LogP) is 1.86. The van der Waals surface area contributed by atoms with Crippen molar-refractivity contribution in [3.8, 4) is 5.75 Å². The molecule has 0 radical (unpaired) electrons. The van der Waals surface area contributed by atoms with Crippen LogP contribution in [0, 0.1) is 0 Å². The summed E-state index contributed by atoms with van der Waals surface area (Å²) in [4.78, 5) is 22.0. The van der Waals surface area contributed by atoms with Crippen LogP contribution in [0.1, 0.15) is 19.4 Å². The topological polar surface area (TPSA) is 77.0 Å². The first-order valence-electron chi connectivity index (χ1n) is 5.90. The van der Waals surface area contributed by atoms with Crippen LogP contribution in [0.5, 0.6) is 5.75 Å². The number of esters is 1. The van der Waals surface area contributed by atoms with Crippen molar-refractivity contribution < 1.29 is 19.1 Å². The minimum absolute atomic E-state index is 0.184. The fourth-order valence-electron chi connectivity index (χ4n) is 1.28. The molecule has 0 heterocycles. The first kappa shape index (κ1) is 16.2. The van der Waals surface area contributed by atoms with Gasteiger partial charge in [-0.1, -0.05) is 15.9 Å². The lowest BCUT2D eigenvalue weighted by atomic mass is 10.2. The normalized spacial score (nSPS) is 10.3. The van der Waals surface area contributed by atoms with E-state index in [1.165, 1.54) is 13.1 Å². The van der Waals surface area contributed by atoms with Gasteiger partial charge in [0.2, 0.25) is 5.91 Å². The van der Waals surface area contributed by atoms with E-state index in [-0.39, 0.29) is 12.5 Å². The second kappa shape index (κ2) is 8.31. The van der Waals surface area contributed by atoms with Crippen molar-refractivity contribution in [2.45, 2.75) is 13.8 Å². The van der Waals surface area contributed by atoms with Gasteiger partial charge < -0.3 is 9.47 Å². The van der Waals surface area contributed by atoms with Gasteiger partial charge in [0, 0.05) is 17.0 Å². The Kier molecular flexibility index (Phi) is 6.72. The number of hydrazone groups is 1. The van der Waals surface area contributed by atoms with Gasteiger partial charge in [-0.15, -0.1) is 0 Å². The molecule has 20 heavy (non-hydrogen) atoms. The zero-order valence-corrected chi connectivity index (χ0v) is 12.8. The molecule has 1 rings (SSSR count). The zero-order chi connectivity index (χ0) is 15.0. The standard InChI is InChI=1S/C13H15BrN2O4/c1-3-19-13(18)8-20-12-5-4-11(14)6-10(12)7-15-16-9(2)17/h4-7H,3,8H2,1-2H3,(H,16,17)/b15-7+. The average Bonchev–Trinajstić information content (AvgIpc) is 2.37. The van der Waals surface area contributed by atoms with E-state index in [1.54, 1.807) is 25.1 Å². The van der Waals surface area contributed by atoms with Gasteiger partial charge in [-0.2, -0.15) is 5.10 Å². The van der Waals surface area contributed by atoms with E-state index in [0.717, 1.165) is 4.47 Å². The molecule has 1 aromatic carbocycles. The summed E-state index contributed by atoms with van der Waals surface area (Å²) in [5, 5.41) is 3.76. The Hall–Kier alpha value is -1.89. The second-order valence-corrected chi connectivity index (χ2v) is 4.62. The third-order valence-corrected chi connectivity index (χ3v) is 2.54. The summed E-state index contributed by atoms with van der Waals surface area (Å²) in [5.74, 6) is -0.249. The molecule has 0 aliphatic carbocycles. The van der Waals surface area contributed by atoms with Crippen molar-refractivity contribution in [2.75, 3.05) is 13.2 Å². The summed E-state index contributed by atoms with van der Waals surface area (Å²) in [6.45, 7) is 3.20. The van der Waals surface area contributed by atoms with Crippen LogP contribution in [-0.4, -0.2) is 31.3 Å². The lowest BCUT2D eigenvalue weighted by Crippen LogP contribution is -2.15. The summed E-state index contributed by atoms with van der Waals surface area (Å²) in [5.41, 5.74) is 2.92. The van der Waals surface area contributed by atoms with Crippen molar-refractivity contribution >= 4 is 34.0 Å². The van der Waals surface area contributed by atoms with Gasteiger partial charge in [0.05, 0.1) is 12.8 Å². The molecule has 0 saturated carbocycles. The Balaban J connectivity index is 2.76. The molecule has 0 aliphatic heterocycles. The summed E-state index contributed by atoms with van der Waals surface area (Å²) in [6, 6.07) is 5.22. The average molecular weight is 343 g/mol. The van der Waals surface area contributed by atoms with E-state index < -0.39 is 5.97 Å². The highest BCUT2D eigenvalue weighted by Crippen LogP contribution is 2.21. The highest BCUT2D eigenvalue weighted by Gasteiger charge is 2.07. The van der Waals surface area contributed by atoms with Crippen molar-refractivity contribution in [3.05, 3.63) is 28.2 Å². The Morgan fingerprint density at radius 3 is 2.85 bits per heavy atom. The van der Waals surface area contributed by atoms with E-state index in [2.05, 4.69) is 26.5 Å². The number of carbonyl (C=O) groups excluding carboxylic acids is 2. The lowest BCUT2D eigenvalue weighted by molar-refractivity contribution is -0.145. The van der Waals surface area contributed by atoms with Crippen LogP contribution in [0.25, 0.3) is 0 Å². The number of benzene rings is 1. The Labute approximate surface area is 125 Å². The third-order valence-electron chi connectivity index (χ3n) is 2.05. The van der Waals surface area contributed by atoms with Crippen molar-refractivity contribution in [3.63, 3.8) is 0 Å². The summed E-state index contributed by atoms with van der Waals surface area (Å²) in [6.07, 6.45) is 1.44. The molecule has 7 heteroatoms. The monoisotopic (exact) mass is 342 g/mol. The fraction of sp³-hybridized carbons (Fsp3) is 0.308. The number of nitrogens with zero attached hydrogens (tertiary/aromatic N) is 1. The number of hydrogen-bond donors (Lipinski definition) is 1. The first-order valence-corrected chi connectivity index (χ1v) is 6.70. The molecular formula is C13H15BrN2O4. The maximum Gasteiger partial charge on any atom is 0.344 e. The number of hydrogen-bond acceptors (Lipinski definition) is 5. The quantitative estimate of drug-likeness (QED) is 0.486. The predicted molar refractivity (Wildman–Crippen MR) is 77.7 cm³/mol. The number of amides is 1. The molecule has 0 bridgehead atoms. The summed E-state index contributed by atoms with van der Waals surface area (Å²) < 4.78 is 11.0. The van der Waals surface area contributed by atoms with Crippen LogP contribution in [0.4, 0.5) is 0 Å². The molecule has 108 valence electrons. The van der Waals surface area contributed by atoms with Crippen molar-refractivity contribution in [1.82, 2.24) is 5.43 Å². The molecule has 0 fully saturated rings. The van der Waals surface area contributed by atoms with Gasteiger partial charge in [-0.25, -0.2) is 10.2 Å². The fourth-order valence-corrected chi connectivity index (χ4v) is 1.66. The molecule has 1 amide bonds. The van der Waals surface area contributed by atoms with E-state index >= 15 is 0 Å². The summed E-state index contributed by atoms with van der Waals surface area (Å²) in [7, 11) is 0. The number of halogens is 1. The van der Waals surface area contributed by atoms with Gasteiger partial charge in [-0.3, -0.25) is 4.79 Å². The molecule has 0 spiro atoms. The Bertz CT molecular complexity index is 517. The number of rotatable bonds is 6. The zero-order valence-electron chi connectivity index (χ0n) is 11.2. The lowest BCUT2D eigenvalue weighted by Gasteiger charge is -2.08. The van der Waals surface area contributed by atoms with Crippen LogP contribution in [-0.2, 0) is 14.3 Å². The second-order valence-electron chi connectivity index (χ2n) is 3.70. The van der Waals surface area contributed by atoms with Gasteiger partial charge in [0.1, 0.15) is 5.75 Å². The number of ether oxygens (including phenoxy) is 2. The molecule has 0 atom stereocenters. The van der Waals surface area contributed by atoms with Crippen LogP contribution in [0.15, 0.2) is 27.8 Å². The molecule has 0 aromatic heterocycles. The number of carbonyl (C=O) groups is 2. The van der Waals surface area contributed by atoms with Crippen molar-refractivity contribution in [1.29, 1.82) is 0 Å².